The molecular weight excluding hydrogens is 160 g/mol. The van der Waals surface area contributed by atoms with Crippen molar-refractivity contribution in [2.75, 3.05) is 24.9 Å². The predicted octanol–water partition coefficient (Wildman–Crippen LogP) is -1.64. The van der Waals surface area contributed by atoms with E-state index in [-0.39, 0.29) is 0 Å². The van der Waals surface area contributed by atoms with E-state index in [9.17, 15) is 0 Å². The lowest BCUT2D eigenvalue weighted by Crippen LogP contribution is -2.21. The van der Waals surface area contributed by atoms with Crippen molar-refractivity contribution in [3.63, 3.8) is 0 Å². The van der Waals surface area contributed by atoms with Crippen molar-refractivity contribution in [3.8, 4) is 0 Å². The van der Waals surface area contributed by atoms with Gasteiger partial charge in [0.05, 0.1) is 0 Å². The molecule has 0 saturated heterocycles. The van der Waals surface area contributed by atoms with Gasteiger partial charge < -0.3 is 0 Å². The number of rotatable bonds is 4. The van der Waals surface area contributed by atoms with Gasteiger partial charge in [0.15, 0.2) is 0 Å². The number of nitrogens with one attached hydrogen (secondary N) is 4. The van der Waals surface area contributed by atoms with E-state index in [1.165, 1.54) is 0 Å². The molecule has 1 heterocycles. The molecule has 4 N–H and O–H groups in total. The third-order valence-corrected chi connectivity index (χ3v) is 0.952. The van der Waals surface area contributed by atoms with E-state index in [1.54, 1.807) is 14.1 Å². The average molecular weight is 170 g/mol. The quantitative estimate of drug-likeness (QED) is 0.399. The van der Waals surface area contributed by atoms with Crippen molar-refractivity contribution in [1.29, 1.82) is 0 Å². The normalized spacial score (nSPS) is 9.50. The standard InChI is InChI=1S/C4H10N8/c1-5-7-3-9-11-4(8-6-2)12-10-3/h5-6H,1-2H3,(H,7,9,10)(H,8,11,12). The lowest BCUT2D eigenvalue weighted by atomic mass is 11.0. The fraction of sp³-hybridized carbons (Fsp3) is 0.500. The van der Waals surface area contributed by atoms with Crippen LogP contribution in [0.1, 0.15) is 0 Å². The third-order valence-electron chi connectivity index (χ3n) is 0.952. The molecule has 1 rings (SSSR count). The van der Waals surface area contributed by atoms with E-state index >= 15 is 0 Å². The molecule has 66 valence electrons. The molecule has 0 spiro atoms. The summed E-state index contributed by atoms with van der Waals surface area (Å²) in [5.74, 6) is 0.637. The molecule has 0 atom stereocenters. The maximum Gasteiger partial charge on any atom is 0.276 e. The second kappa shape index (κ2) is 4.36. The molecule has 1 aromatic heterocycles. The molecule has 0 aliphatic carbocycles. The van der Waals surface area contributed by atoms with E-state index in [2.05, 4.69) is 42.1 Å². The Kier molecular flexibility index (Phi) is 3.11. The first-order valence-corrected chi connectivity index (χ1v) is 3.29. The monoisotopic (exact) mass is 170 g/mol. The Balaban J connectivity index is 2.58. The van der Waals surface area contributed by atoms with Crippen molar-refractivity contribution < 1.29 is 0 Å². The maximum atomic E-state index is 3.69. The molecule has 0 bridgehead atoms. The summed E-state index contributed by atoms with van der Waals surface area (Å²) in [7, 11) is 3.40. The fourth-order valence-electron chi connectivity index (χ4n) is 0.553. The molecule has 0 saturated carbocycles. The predicted molar refractivity (Wildman–Crippen MR) is 43.0 cm³/mol. The van der Waals surface area contributed by atoms with E-state index in [0.717, 1.165) is 0 Å². The zero-order valence-corrected chi connectivity index (χ0v) is 6.79. The molecule has 0 aromatic carbocycles. The first kappa shape index (κ1) is 8.56. The van der Waals surface area contributed by atoms with Crippen LogP contribution in [0.3, 0.4) is 0 Å². The number of nitrogens with zero attached hydrogens (tertiary/aromatic N) is 4. The Morgan fingerprint density at radius 1 is 0.750 bits per heavy atom. The third kappa shape index (κ3) is 2.25. The van der Waals surface area contributed by atoms with E-state index in [0.29, 0.717) is 11.9 Å². The van der Waals surface area contributed by atoms with Gasteiger partial charge in [0, 0.05) is 14.1 Å². The van der Waals surface area contributed by atoms with Crippen molar-refractivity contribution >= 4 is 11.9 Å². The maximum absolute atomic E-state index is 3.69. The van der Waals surface area contributed by atoms with Gasteiger partial charge in [-0.05, 0) is 0 Å². The Bertz CT molecular complexity index is 194. The highest BCUT2D eigenvalue weighted by atomic mass is 15.5. The van der Waals surface area contributed by atoms with Crippen molar-refractivity contribution in [2.24, 2.45) is 0 Å². The zero-order valence-electron chi connectivity index (χ0n) is 6.79. The van der Waals surface area contributed by atoms with Crippen LogP contribution in [0.15, 0.2) is 0 Å². The number of hydrogen-bond donors (Lipinski definition) is 4. The fourth-order valence-corrected chi connectivity index (χ4v) is 0.553. The molecule has 12 heavy (non-hydrogen) atoms. The minimum atomic E-state index is 0.319. The number of aromatic nitrogens is 4. The molecule has 0 radical (unpaired) electrons. The van der Waals surface area contributed by atoms with Crippen molar-refractivity contribution in [3.05, 3.63) is 0 Å². The highest BCUT2D eigenvalue weighted by Gasteiger charge is 1.96. The van der Waals surface area contributed by atoms with Gasteiger partial charge in [0.2, 0.25) is 0 Å². The van der Waals surface area contributed by atoms with Gasteiger partial charge in [-0.15, -0.1) is 20.4 Å². The largest absolute Gasteiger partial charge is 0.287 e. The molecule has 0 aliphatic heterocycles. The molecule has 0 unspecified atom stereocenters. The van der Waals surface area contributed by atoms with Crippen LogP contribution in [0.25, 0.3) is 0 Å². The summed E-state index contributed by atoms with van der Waals surface area (Å²) >= 11 is 0. The van der Waals surface area contributed by atoms with E-state index < -0.39 is 0 Å². The van der Waals surface area contributed by atoms with Crippen LogP contribution in [-0.4, -0.2) is 34.5 Å². The Labute approximate surface area is 69.1 Å². The van der Waals surface area contributed by atoms with Crippen LogP contribution in [0.2, 0.25) is 0 Å². The van der Waals surface area contributed by atoms with Gasteiger partial charge in [0.25, 0.3) is 11.9 Å². The summed E-state index contributed by atoms with van der Waals surface area (Å²) in [4.78, 5) is 0. The number of hydrogen-bond acceptors (Lipinski definition) is 8. The Hall–Kier alpha value is -1.54. The molecule has 0 amide bonds. The smallest absolute Gasteiger partial charge is 0.276 e. The molecule has 1 aromatic rings. The minimum absolute atomic E-state index is 0.319. The van der Waals surface area contributed by atoms with Crippen LogP contribution < -0.4 is 21.7 Å². The topological polar surface area (TPSA) is 99.7 Å². The van der Waals surface area contributed by atoms with Gasteiger partial charge in [-0.25, -0.2) is 10.9 Å². The Morgan fingerprint density at radius 3 is 1.33 bits per heavy atom. The second-order valence-corrected chi connectivity index (χ2v) is 1.80. The van der Waals surface area contributed by atoms with Gasteiger partial charge in [-0.1, -0.05) is 0 Å². The van der Waals surface area contributed by atoms with Crippen LogP contribution in [0.5, 0.6) is 0 Å². The Morgan fingerprint density at radius 2 is 1.08 bits per heavy atom. The summed E-state index contributed by atoms with van der Waals surface area (Å²) < 4.78 is 0. The summed E-state index contributed by atoms with van der Waals surface area (Å²) in [6, 6.07) is 0. The SMILES string of the molecule is CNNc1nnc(NNC)nn1. The first-order valence-electron chi connectivity index (χ1n) is 3.29. The van der Waals surface area contributed by atoms with Crippen LogP contribution in [-0.2, 0) is 0 Å². The van der Waals surface area contributed by atoms with Gasteiger partial charge in [-0.2, -0.15) is 0 Å². The number of hydrazine groups is 2. The van der Waals surface area contributed by atoms with Crippen LogP contribution in [0, 0.1) is 0 Å². The molecule has 0 fully saturated rings. The highest BCUT2D eigenvalue weighted by molar-refractivity contribution is 5.22. The summed E-state index contributed by atoms with van der Waals surface area (Å²) in [5, 5.41) is 14.7. The first-order chi connectivity index (χ1) is 5.86. The molecule has 8 nitrogen and oxygen atoms in total. The zero-order chi connectivity index (χ0) is 8.81. The van der Waals surface area contributed by atoms with Crippen molar-refractivity contribution in [2.45, 2.75) is 0 Å². The minimum Gasteiger partial charge on any atom is -0.287 e. The van der Waals surface area contributed by atoms with E-state index in [4.69, 9.17) is 0 Å². The lowest BCUT2D eigenvalue weighted by molar-refractivity contribution is 0.805. The summed E-state index contributed by atoms with van der Waals surface area (Å²) in [5.41, 5.74) is 10.6. The molecular formula is C4H10N8. The summed E-state index contributed by atoms with van der Waals surface area (Å²) in [6.07, 6.45) is 0. The second-order valence-electron chi connectivity index (χ2n) is 1.80. The van der Waals surface area contributed by atoms with Gasteiger partial charge >= 0.3 is 0 Å². The van der Waals surface area contributed by atoms with Gasteiger partial charge in [0.1, 0.15) is 0 Å². The highest BCUT2D eigenvalue weighted by Crippen LogP contribution is 1.92. The molecule has 0 aliphatic rings. The van der Waals surface area contributed by atoms with Crippen molar-refractivity contribution in [1.82, 2.24) is 31.2 Å². The lowest BCUT2D eigenvalue weighted by Gasteiger charge is -2.01. The number of anilines is 2. The average Bonchev–Trinajstić information content (AvgIpc) is 2.09. The summed E-state index contributed by atoms with van der Waals surface area (Å²) in [6.45, 7) is 0. The van der Waals surface area contributed by atoms with Crippen LogP contribution >= 0.6 is 0 Å². The van der Waals surface area contributed by atoms with E-state index in [1.807, 2.05) is 0 Å². The van der Waals surface area contributed by atoms with Gasteiger partial charge in [-0.3, -0.25) is 10.9 Å². The molecule has 8 heteroatoms. The van der Waals surface area contributed by atoms with Crippen LogP contribution in [0.4, 0.5) is 11.9 Å².